The zero-order valence-electron chi connectivity index (χ0n) is 24.4. The number of rotatable bonds is 9. The number of hydrogen-bond donors (Lipinski definition) is 2. The van der Waals surface area contributed by atoms with Crippen molar-refractivity contribution in [2.75, 3.05) is 47.5 Å². The van der Waals surface area contributed by atoms with Gasteiger partial charge in [-0.1, -0.05) is 29.5 Å². The number of morpholine rings is 1. The monoisotopic (exact) mass is 702 g/mol. The average Bonchev–Trinajstić information content (AvgIpc) is 3.48. The van der Waals surface area contributed by atoms with Crippen molar-refractivity contribution in [1.29, 1.82) is 0 Å². The second-order valence-electron chi connectivity index (χ2n) is 10.3. The van der Waals surface area contributed by atoms with Crippen LogP contribution in [0.25, 0.3) is 21.8 Å². The van der Waals surface area contributed by atoms with Crippen LogP contribution in [0, 0.1) is 17.5 Å². The Morgan fingerprint density at radius 2 is 1.60 bits per heavy atom. The molecule has 1 aliphatic rings. The van der Waals surface area contributed by atoms with Gasteiger partial charge in [0.25, 0.3) is 10.0 Å². The number of sulfonamides is 1. The zero-order valence-corrected chi connectivity index (χ0v) is 26.9. The SMILES string of the molecule is CS(=O)(=O)c1cccc(Nc2nccc(-c3sc(N4CCOCC4)nc3-c3cccc(NS(=O)(=O)c4c(F)cccc4F)c3F)n2)c1. The molecule has 2 N–H and O–H groups in total. The number of benzene rings is 3. The molecule has 244 valence electrons. The molecule has 0 spiro atoms. The summed E-state index contributed by atoms with van der Waals surface area (Å²) in [6, 6.07) is 14.2. The molecular formula is C30H25F3N6O5S3. The van der Waals surface area contributed by atoms with Crippen molar-refractivity contribution in [2.24, 2.45) is 0 Å². The van der Waals surface area contributed by atoms with Crippen LogP contribution < -0.4 is 14.9 Å². The van der Waals surface area contributed by atoms with Gasteiger partial charge in [0.2, 0.25) is 5.95 Å². The summed E-state index contributed by atoms with van der Waals surface area (Å²) in [6.07, 6.45) is 2.56. The molecule has 3 heterocycles. The maximum atomic E-state index is 16.2. The molecule has 6 rings (SSSR count). The van der Waals surface area contributed by atoms with E-state index in [1.54, 1.807) is 18.2 Å². The van der Waals surface area contributed by atoms with Gasteiger partial charge in [-0.15, -0.1) is 0 Å². The van der Waals surface area contributed by atoms with Gasteiger partial charge in [-0.2, -0.15) is 0 Å². The van der Waals surface area contributed by atoms with Gasteiger partial charge in [0, 0.05) is 36.8 Å². The summed E-state index contributed by atoms with van der Waals surface area (Å²) in [4.78, 5) is 14.8. The third kappa shape index (κ3) is 6.92. The minimum absolute atomic E-state index is 0.0982. The van der Waals surface area contributed by atoms with Crippen molar-refractivity contribution in [3.63, 3.8) is 0 Å². The lowest BCUT2D eigenvalue weighted by molar-refractivity contribution is 0.122. The molecule has 1 aliphatic heterocycles. The highest BCUT2D eigenvalue weighted by molar-refractivity contribution is 7.92. The number of nitrogens with one attached hydrogen (secondary N) is 2. The third-order valence-corrected chi connectivity index (χ3v) is 10.7. The largest absolute Gasteiger partial charge is 0.378 e. The smallest absolute Gasteiger partial charge is 0.267 e. The van der Waals surface area contributed by atoms with E-state index >= 15 is 4.39 Å². The van der Waals surface area contributed by atoms with E-state index in [9.17, 15) is 25.6 Å². The van der Waals surface area contributed by atoms with Crippen LogP contribution in [0.5, 0.6) is 0 Å². The summed E-state index contributed by atoms with van der Waals surface area (Å²) in [5.74, 6) is -3.57. The fourth-order valence-electron chi connectivity index (χ4n) is 4.76. The zero-order chi connectivity index (χ0) is 33.3. The van der Waals surface area contributed by atoms with Crippen LogP contribution in [0.15, 0.2) is 82.7 Å². The number of hydrogen-bond acceptors (Lipinski definition) is 11. The van der Waals surface area contributed by atoms with Crippen LogP contribution >= 0.6 is 11.3 Å². The minimum atomic E-state index is -4.86. The van der Waals surface area contributed by atoms with E-state index < -0.39 is 47.9 Å². The summed E-state index contributed by atoms with van der Waals surface area (Å²) in [6.45, 7) is 1.96. The van der Waals surface area contributed by atoms with Crippen LogP contribution in [-0.2, 0) is 24.6 Å². The van der Waals surface area contributed by atoms with E-state index in [0.29, 0.717) is 47.7 Å². The standard InChI is InChI=1S/C30H25F3N6O5S3/c1-46(40,41)19-6-2-5-18(17-19)35-29-34-12-11-24(36-29)27-26(37-30(45-27)39-13-15-44-16-14-39)20-7-3-10-23(25(20)33)38-47(42,43)28-21(31)8-4-9-22(28)32/h2-12,17,38H,13-16H2,1H3,(H,34,35,36). The van der Waals surface area contributed by atoms with Gasteiger partial charge in [0.05, 0.1) is 40.1 Å². The first-order valence-corrected chi connectivity index (χ1v) is 18.1. The highest BCUT2D eigenvalue weighted by Crippen LogP contribution is 2.42. The Morgan fingerprint density at radius 3 is 2.32 bits per heavy atom. The number of nitrogens with zero attached hydrogens (tertiary/aromatic N) is 4. The van der Waals surface area contributed by atoms with Gasteiger partial charge < -0.3 is 15.0 Å². The third-order valence-electron chi connectivity index (χ3n) is 6.99. The van der Waals surface area contributed by atoms with Gasteiger partial charge in [-0.25, -0.2) is 45.0 Å². The van der Waals surface area contributed by atoms with E-state index in [1.165, 1.54) is 41.8 Å². The Hall–Kier alpha value is -4.58. The summed E-state index contributed by atoms with van der Waals surface area (Å²) in [5.41, 5.74) is 0.246. The lowest BCUT2D eigenvalue weighted by Gasteiger charge is -2.26. The minimum Gasteiger partial charge on any atom is -0.378 e. The summed E-state index contributed by atoms with van der Waals surface area (Å²) in [7, 11) is -8.33. The van der Waals surface area contributed by atoms with Crippen LogP contribution in [0.1, 0.15) is 0 Å². The van der Waals surface area contributed by atoms with E-state index in [0.717, 1.165) is 30.5 Å². The Balaban J connectivity index is 1.41. The Bertz CT molecular complexity index is 2170. The lowest BCUT2D eigenvalue weighted by Crippen LogP contribution is -2.36. The fourth-order valence-corrected chi connectivity index (χ4v) is 7.73. The van der Waals surface area contributed by atoms with Crippen molar-refractivity contribution in [3.8, 4) is 21.8 Å². The highest BCUT2D eigenvalue weighted by Gasteiger charge is 2.28. The summed E-state index contributed by atoms with van der Waals surface area (Å²) < 4.78 is 102. The number of ether oxygens (including phenoxy) is 1. The van der Waals surface area contributed by atoms with Crippen molar-refractivity contribution < 1.29 is 34.7 Å². The van der Waals surface area contributed by atoms with Crippen molar-refractivity contribution in [3.05, 3.63) is 90.4 Å². The number of halogens is 3. The first-order valence-electron chi connectivity index (χ1n) is 13.9. The molecule has 17 heteroatoms. The van der Waals surface area contributed by atoms with Crippen molar-refractivity contribution in [2.45, 2.75) is 9.79 Å². The molecule has 3 aromatic carbocycles. The van der Waals surface area contributed by atoms with Gasteiger partial charge in [0.15, 0.2) is 25.7 Å². The van der Waals surface area contributed by atoms with Gasteiger partial charge in [-0.05, 0) is 48.5 Å². The maximum Gasteiger partial charge on any atom is 0.267 e. The fraction of sp³-hybridized carbons (Fsp3) is 0.167. The number of sulfone groups is 1. The second kappa shape index (κ2) is 12.9. The van der Waals surface area contributed by atoms with Crippen LogP contribution in [0.3, 0.4) is 0 Å². The second-order valence-corrected chi connectivity index (χ2v) is 14.9. The molecule has 1 saturated heterocycles. The van der Waals surface area contributed by atoms with E-state index in [2.05, 4.69) is 15.3 Å². The van der Waals surface area contributed by atoms with Crippen LogP contribution in [0.2, 0.25) is 0 Å². The molecule has 0 atom stereocenters. The quantitative estimate of drug-likeness (QED) is 0.203. The molecule has 0 radical (unpaired) electrons. The lowest BCUT2D eigenvalue weighted by atomic mass is 10.1. The number of thiazole rings is 1. The van der Waals surface area contributed by atoms with Gasteiger partial charge in [0.1, 0.15) is 11.6 Å². The average molecular weight is 703 g/mol. The normalized spacial score (nSPS) is 13.8. The Kier molecular flexibility index (Phi) is 8.88. The predicted molar refractivity (Wildman–Crippen MR) is 172 cm³/mol. The molecule has 1 fully saturated rings. The molecular weight excluding hydrogens is 678 g/mol. The summed E-state index contributed by atoms with van der Waals surface area (Å²) >= 11 is 1.22. The molecule has 0 aliphatic carbocycles. The highest BCUT2D eigenvalue weighted by atomic mass is 32.2. The molecule has 0 bridgehead atoms. The molecule has 0 unspecified atom stereocenters. The topological polar surface area (TPSA) is 143 Å². The first kappa shape index (κ1) is 32.4. The molecule has 0 saturated carbocycles. The number of aromatic nitrogens is 3. The van der Waals surface area contributed by atoms with E-state index in [4.69, 9.17) is 9.72 Å². The molecule has 47 heavy (non-hydrogen) atoms. The Morgan fingerprint density at radius 1 is 0.894 bits per heavy atom. The van der Waals surface area contributed by atoms with Crippen molar-refractivity contribution in [1.82, 2.24) is 15.0 Å². The van der Waals surface area contributed by atoms with E-state index in [-0.39, 0.29) is 22.1 Å². The maximum absolute atomic E-state index is 16.2. The van der Waals surface area contributed by atoms with Gasteiger partial charge in [-0.3, -0.25) is 4.72 Å². The molecule has 11 nitrogen and oxygen atoms in total. The molecule has 0 amide bonds. The summed E-state index contributed by atoms with van der Waals surface area (Å²) in [5, 5.41) is 3.52. The number of anilines is 4. The van der Waals surface area contributed by atoms with E-state index in [1.807, 2.05) is 9.62 Å². The first-order chi connectivity index (χ1) is 22.4. The molecule has 2 aromatic heterocycles. The van der Waals surface area contributed by atoms with Crippen LogP contribution in [0.4, 0.5) is 35.6 Å². The Labute approximate surface area is 272 Å². The predicted octanol–water partition coefficient (Wildman–Crippen LogP) is 5.47. The van der Waals surface area contributed by atoms with Crippen molar-refractivity contribution >= 4 is 53.7 Å². The molecule has 5 aromatic rings. The van der Waals surface area contributed by atoms with Gasteiger partial charge >= 0.3 is 0 Å². The van der Waals surface area contributed by atoms with Crippen LogP contribution in [-0.4, -0.2) is 64.3 Å².